The predicted molar refractivity (Wildman–Crippen MR) is 114 cm³/mol. The third-order valence-electron chi connectivity index (χ3n) is 4.65. The van der Waals surface area contributed by atoms with Crippen molar-refractivity contribution in [3.63, 3.8) is 0 Å². The van der Waals surface area contributed by atoms with Gasteiger partial charge in [-0.1, -0.05) is 23.7 Å². The van der Waals surface area contributed by atoms with E-state index in [2.05, 4.69) is 10.6 Å². The maximum atomic E-state index is 13.2. The zero-order valence-corrected chi connectivity index (χ0v) is 17.4. The third-order valence-corrected chi connectivity index (χ3v) is 4.94. The Bertz CT molecular complexity index is 984. The molecule has 7 nitrogen and oxygen atoms in total. The van der Waals surface area contributed by atoms with Gasteiger partial charge < -0.3 is 15.5 Å². The van der Waals surface area contributed by atoms with Crippen LogP contribution in [0.15, 0.2) is 42.5 Å². The van der Waals surface area contributed by atoms with Crippen LogP contribution in [0.4, 0.5) is 21.5 Å². The predicted octanol–water partition coefficient (Wildman–Crippen LogP) is 3.11. The minimum absolute atomic E-state index is 0.0234. The molecular formula is C21H22ClFN4O3. The number of nitrogens with one attached hydrogen (secondary N) is 2. The van der Waals surface area contributed by atoms with Gasteiger partial charge in [0.05, 0.1) is 29.5 Å². The Morgan fingerprint density at radius 3 is 2.73 bits per heavy atom. The Kier molecular flexibility index (Phi) is 6.69. The van der Waals surface area contributed by atoms with Gasteiger partial charge in [-0.05, 0) is 44.3 Å². The molecule has 1 heterocycles. The molecule has 3 rings (SSSR count). The van der Waals surface area contributed by atoms with Crippen molar-refractivity contribution in [2.45, 2.75) is 19.4 Å². The number of benzene rings is 2. The van der Waals surface area contributed by atoms with Crippen molar-refractivity contribution < 1.29 is 18.8 Å². The summed E-state index contributed by atoms with van der Waals surface area (Å²) < 4.78 is 13.2. The molecular weight excluding hydrogens is 411 g/mol. The maximum absolute atomic E-state index is 13.2. The molecule has 0 saturated carbocycles. The SMILES string of the molecule is CC1CC(=O)Nc2ccccc2N1C(=O)CN(C)CC(=O)Nc1ccc(F)c(Cl)c1. The van der Waals surface area contributed by atoms with Crippen molar-refractivity contribution in [3.8, 4) is 0 Å². The largest absolute Gasteiger partial charge is 0.325 e. The molecule has 158 valence electrons. The van der Waals surface area contributed by atoms with Gasteiger partial charge in [0.1, 0.15) is 5.82 Å². The van der Waals surface area contributed by atoms with Crippen LogP contribution in [0.3, 0.4) is 0 Å². The first-order chi connectivity index (χ1) is 14.2. The van der Waals surface area contributed by atoms with Crippen LogP contribution in [0.1, 0.15) is 13.3 Å². The number of fused-ring (bicyclic) bond motifs is 1. The number of carbonyl (C=O) groups excluding carboxylic acids is 3. The fourth-order valence-electron chi connectivity index (χ4n) is 3.35. The van der Waals surface area contributed by atoms with E-state index >= 15 is 0 Å². The van der Waals surface area contributed by atoms with Crippen LogP contribution in [0, 0.1) is 5.82 Å². The summed E-state index contributed by atoms with van der Waals surface area (Å²) in [6.07, 6.45) is 0.177. The van der Waals surface area contributed by atoms with Crippen molar-refractivity contribution in [2.24, 2.45) is 0 Å². The molecule has 1 aliphatic rings. The second-order valence-electron chi connectivity index (χ2n) is 7.23. The molecule has 0 spiro atoms. The zero-order valence-electron chi connectivity index (χ0n) is 16.6. The summed E-state index contributed by atoms with van der Waals surface area (Å²) in [7, 11) is 1.65. The first-order valence-corrected chi connectivity index (χ1v) is 9.77. The number of hydrogen-bond donors (Lipinski definition) is 2. The summed E-state index contributed by atoms with van der Waals surface area (Å²) in [6, 6.07) is 10.7. The molecule has 30 heavy (non-hydrogen) atoms. The maximum Gasteiger partial charge on any atom is 0.241 e. The minimum atomic E-state index is -0.572. The first-order valence-electron chi connectivity index (χ1n) is 9.39. The molecule has 1 unspecified atom stereocenters. The average molecular weight is 433 g/mol. The number of para-hydroxylation sites is 2. The van der Waals surface area contributed by atoms with Crippen molar-refractivity contribution in [1.29, 1.82) is 0 Å². The number of hydrogen-bond acceptors (Lipinski definition) is 4. The highest BCUT2D eigenvalue weighted by Crippen LogP contribution is 2.31. The lowest BCUT2D eigenvalue weighted by Crippen LogP contribution is -2.45. The van der Waals surface area contributed by atoms with E-state index in [0.717, 1.165) is 0 Å². The molecule has 0 fully saturated rings. The Balaban J connectivity index is 1.65. The quantitative estimate of drug-likeness (QED) is 0.760. The lowest BCUT2D eigenvalue weighted by Gasteiger charge is -2.29. The van der Waals surface area contributed by atoms with Gasteiger partial charge in [-0.15, -0.1) is 0 Å². The van der Waals surface area contributed by atoms with Gasteiger partial charge in [-0.25, -0.2) is 4.39 Å². The molecule has 2 N–H and O–H groups in total. The number of amides is 3. The van der Waals surface area contributed by atoms with E-state index in [0.29, 0.717) is 17.1 Å². The van der Waals surface area contributed by atoms with E-state index in [1.165, 1.54) is 18.2 Å². The second kappa shape index (κ2) is 9.23. The number of halogens is 2. The molecule has 0 aliphatic carbocycles. The highest BCUT2D eigenvalue weighted by atomic mass is 35.5. The molecule has 0 bridgehead atoms. The summed E-state index contributed by atoms with van der Waals surface area (Å²) in [4.78, 5) is 40.5. The highest BCUT2D eigenvalue weighted by molar-refractivity contribution is 6.31. The monoisotopic (exact) mass is 432 g/mol. The molecule has 2 aromatic rings. The van der Waals surface area contributed by atoms with Crippen LogP contribution in [0.25, 0.3) is 0 Å². The first kappa shape index (κ1) is 21.7. The minimum Gasteiger partial charge on any atom is -0.325 e. The van der Waals surface area contributed by atoms with E-state index in [-0.39, 0.29) is 48.3 Å². The van der Waals surface area contributed by atoms with Crippen molar-refractivity contribution in [2.75, 3.05) is 35.7 Å². The van der Waals surface area contributed by atoms with Crippen molar-refractivity contribution >= 4 is 46.4 Å². The van der Waals surface area contributed by atoms with Crippen molar-refractivity contribution in [1.82, 2.24) is 4.90 Å². The third kappa shape index (κ3) is 5.14. The standard InChI is InChI=1S/C21H22ClFN4O3/c1-13-9-19(28)25-17-5-3-4-6-18(17)27(13)21(30)12-26(2)11-20(29)24-14-7-8-16(23)15(22)10-14/h3-8,10,13H,9,11-12H2,1-2H3,(H,24,29)(H,25,28). The second-order valence-corrected chi connectivity index (χ2v) is 7.64. The van der Waals surface area contributed by atoms with Gasteiger partial charge in [-0.2, -0.15) is 0 Å². The molecule has 2 aromatic carbocycles. The highest BCUT2D eigenvalue weighted by Gasteiger charge is 2.30. The van der Waals surface area contributed by atoms with Gasteiger partial charge in [0.15, 0.2) is 0 Å². The average Bonchev–Trinajstić information content (AvgIpc) is 2.78. The lowest BCUT2D eigenvalue weighted by atomic mass is 10.1. The van der Waals surface area contributed by atoms with E-state index in [1.807, 2.05) is 6.92 Å². The zero-order chi connectivity index (χ0) is 21.8. The van der Waals surface area contributed by atoms with Gasteiger partial charge in [-0.3, -0.25) is 19.3 Å². The lowest BCUT2D eigenvalue weighted by molar-refractivity contribution is -0.121. The van der Waals surface area contributed by atoms with Crippen molar-refractivity contribution in [3.05, 3.63) is 53.3 Å². The van der Waals surface area contributed by atoms with Gasteiger partial charge in [0, 0.05) is 18.2 Å². The van der Waals surface area contributed by atoms with Crippen LogP contribution in [-0.2, 0) is 14.4 Å². The van der Waals surface area contributed by atoms with Crippen LogP contribution < -0.4 is 15.5 Å². The fourth-order valence-corrected chi connectivity index (χ4v) is 3.53. The van der Waals surface area contributed by atoms with E-state index in [1.54, 1.807) is 41.1 Å². The van der Waals surface area contributed by atoms with Gasteiger partial charge in [0.25, 0.3) is 0 Å². The smallest absolute Gasteiger partial charge is 0.241 e. The molecule has 1 aliphatic heterocycles. The van der Waals surface area contributed by atoms with E-state index < -0.39 is 5.82 Å². The number of likely N-dealkylation sites (N-methyl/N-ethyl adjacent to an activating group) is 1. The van der Waals surface area contributed by atoms with E-state index in [4.69, 9.17) is 11.6 Å². The summed E-state index contributed by atoms with van der Waals surface area (Å²) in [5, 5.41) is 5.34. The van der Waals surface area contributed by atoms with Gasteiger partial charge in [0.2, 0.25) is 17.7 Å². The summed E-state index contributed by atoms with van der Waals surface area (Å²) in [5.41, 5.74) is 1.57. The van der Waals surface area contributed by atoms with Crippen LogP contribution in [0.2, 0.25) is 5.02 Å². The number of carbonyl (C=O) groups is 3. The van der Waals surface area contributed by atoms with Crippen LogP contribution in [-0.4, -0.2) is 48.8 Å². The van der Waals surface area contributed by atoms with Crippen LogP contribution in [0.5, 0.6) is 0 Å². The Morgan fingerprint density at radius 2 is 2.00 bits per heavy atom. The normalized spacial score (nSPS) is 16.0. The molecule has 0 radical (unpaired) electrons. The molecule has 3 amide bonds. The summed E-state index contributed by atoms with van der Waals surface area (Å²) >= 11 is 5.72. The Morgan fingerprint density at radius 1 is 1.27 bits per heavy atom. The Labute approximate surface area is 178 Å². The molecule has 0 saturated heterocycles. The number of anilines is 3. The topological polar surface area (TPSA) is 81.8 Å². The summed E-state index contributed by atoms with van der Waals surface area (Å²) in [5.74, 6) is -1.33. The Hall–Kier alpha value is -2.97. The van der Waals surface area contributed by atoms with Gasteiger partial charge >= 0.3 is 0 Å². The molecule has 1 atom stereocenters. The molecule has 0 aromatic heterocycles. The number of nitrogens with zero attached hydrogens (tertiary/aromatic N) is 2. The van der Waals surface area contributed by atoms with Crippen LogP contribution >= 0.6 is 11.6 Å². The van der Waals surface area contributed by atoms with E-state index in [9.17, 15) is 18.8 Å². The number of rotatable bonds is 5. The molecule has 9 heteroatoms. The fraction of sp³-hybridized carbons (Fsp3) is 0.286. The summed E-state index contributed by atoms with van der Waals surface area (Å²) in [6.45, 7) is 1.73.